The van der Waals surface area contributed by atoms with Crippen LogP contribution in [0.3, 0.4) is 0 Å². The number of nitrogens with zero attached hydrogens (tertiary/aromatic N) is 3. The number of hydrogen-bond donors (Lipinski definition) is 2. The van der Waals surface area contributed by atoms with Gasteiger partial charge in [0, 0.05) is 38.2 Å². The van der Waals surface area contributed by atoms with Crippen molar-refractivity contribution >= 4 is 45.9 Å². The van der Waals surface area contributed by atoms with Gasteiger partial charge in [0.05, 0.1) is 21.6 Å². The average molecular weight is 537 g/mol. The van der Waals surface area contributed by atoms with Crippen molar-refractivity contribution < 1.29 is 32.6 Å². The molecule has 37 heavy (non-hydrogen) atoms. The first-order chi connectivity index (χ1) is 17.5. The number of benzene rings is 1. The fraction of sp³-hybridized carbons (Fsp3) is 0.333. The highest BCUT2D eigenvalue weighted by Gasteiger charge is 2.45. The molecule has 2 aromatic heterocycles. The third-order valence-electron chi connectivity index (χ3n) is 6.98. The van der Waals surface area contributed by atoms with Crippen molar-refractivity contribution in [2.24, 2.45) is 11.8 Å². The first-order valence-corrected chi connectivity index (χ1v) is 11.7. The maximum absolute atomic E-state index is 15.5. The van der Waals surface area contributed by atoms with Crippen LogP contribution in [0.5, 0.6) is 0 Å². The van der Waals surface area contributed by atoms with Crippen LogP contribution in [-0.2, 0) is 9.53 Å². The molecule has 2 unspecified atom stereocenters. The minimum atomic E-state index is -1.65. The van der Waals surface area contributed by atoms with Crippen LogP contribution in [0.2, 0.25) is 5.02 Å². The summed E-state index contributed by atoms with van der Waals surface area (Å²) in [5, 5.41) is 8.79. The molecule has 3 heterocycles. The van der Waals surface area contributed by atoms with Crippen LogP contribution in [0.15, 0.2) is 23.1 Å². The molecule has 1 aliphatic carbocycles. The van der Waals surface area contributed by atoms with Crippen LogP contribution in [0, 0.1) is 29.3 Å². The van der Waals surface area contributed by atoms with E-state index in [2.05, 4.69) is 4.98 Å². The standard InChI is InChI=1S/C24H20ClF3N4O5/c1-9(33)37-17-3-2-10-6-31(7-12(10)17)20-14(26)4-11-19(18(20)25)32(8-13(21(11)34)24(35)36)23-16(28)5-15(27)22(29)30-23/h4-5,8,10,12,17H,2-3,6-7H2,1H3,(H2,29,30)(H,35,36)/t10?,12?,17-/m1/s1. The number of carboxylic acids is 1. The molecule has 2 fully saturated rings. The molecule has 1 saturated heterocycles. The summed E-state index contributed by atoms with van der Waals surface area (Å²) in [5.74, 6) is -6.58. The Morgan fingerprint density at radius 2 is 1.89 bits per heavy atom. The third-order valence-corrected chi connectivity index (χ3v) is 7.34. The number of carbonyl (C=O) groups excluding carboxylic acids is 1. The van der Waals surface area contributed by atoms with Crippen LogP contribution < -0.4 is 16.1 Å². The molecular formula is C24H20ClF3N4O5. The van der Waals surface area contributed by atoms with Gasteiger partial charge in [0.1, 0.15) is 17.5 Å². The molecule has 0 bridgehead atoms. The number of rotatable bonds is 4. The van der Waals surface area contributed by atoms with Crippen molar-refractivity contribution in [2.45, 2.75) is 25.9 Å². The van der Waals surface area contributed by atoms with Gasteiger partial charge in [-0.3, -0.25) is 14.2 Å². The number of anilines is 2. The van der Waals surface area contributed by atoms with Crippen molar-refractivity contribution in [1.29, 1.82) is 0 Å². The van der Waals surface area contributed by atoms with E-state index in [4.69, 9.17) is 22.1 Å². The van der Waals surface area contributed by atoms with E-state index >= 15 is 4.39 Å². The smallest absolute Gasteiger partial charge is 0.341 e. The molecular weight excluding hydrogens is 517 g/mol. The molecule has 1 aromatic carbocycles. The predicted octanol–water partition coefficient (Wildman–Crippen LogP) is 3.51. The average Bonchev–Trinajstić information content (AvgIpc) is 3.38. The highest BCUT2D eigenvalue weighted by atomic mass is 35.5. The van der Waals surface area contributed by atoms with Crippen LogP contribution in [0.1, 0.15) is 30.1 Å². The van der Waals surface area contributed by atoms with Crippen LogP contribution in [0.4, 0.5) is 24.7 Å². The van der Waals surface area contributed by atoms with Crippen molar-refractivity contribution in [3.8, 4) is 5.82 Å². The molecule has 0 amide bonds. The summed E-state index contributed by atoms with van der Waals surface area (Å²) < 4.78 is 50.4. The summed E-state index contributed by atoms with van der Waals surface area (Å²) >= 11 is 6.66. The van der Waals surface area contributed by atoms with E-state index in [0.29, 0.717) is 25.6 Å². The van der Waals surface area contributed by atoms with Gasteiger partial charge in [-0.05, 0) is 24.8 Å². The first kappa shape index (κ1) is 24.9. The molecule has 5 rings (SSSR count). The molecule has 1 aliphatic heterocycles. The molecule has 0 radical (unpaired) electrons. The predicted molar refractivity (Wildman–Crippen MR) is 128 cm³/mol. The summed E-state index contributed by atoms with van der Waals surface area (Å²) in [6.07, 6.45) is 1.90. The fourth-order valence-corrected chi connectivity index (χ4v) is 5.81. The van der Waals surface area contributed by atoms with Crippen LogP contribution >= 0.6 is 11.6 Å². The Labute approximate surface area is 212 Å². The second kappa shape index (κ2) is 8.94. The number of nitrogens with two attached hydrogens (primary N) is 1. The van der Waals surface area contributed by atoms with E-state index in [1.165, 1.54) is 6.92 Å². The lowest BCUT2D eigenvalue weighted by Crippen LogP contribution is -2.28. The fourth-order valence-electron chi connectivity index (χ4n) is 5.41. The number of hydrogen-bond acceptors (Lipinski definition) is 7. The molecule has 194 valence electrons. The second-order valence-corrected chi connectivity index (χ2v) is 9.56. The van der Waals surface area contributed by atoms with Crippen molar-refractivity contribution in [3.63, 3.8) is 0 Å². The van der Waals surface area contributed by atoms with Gasteiger partial charge in [0.2, 0.25) is 5.43 Å². The molecule has 9 nitrogen and oxygen atoms in total. The zero-order valence-corrected chi connectivity index (χ0v) is 20.1. The summed E-state index contributed by atoms with van der Waals surface area (Å²) in [5.41, 5.74) is 3.35. The lowest BCUT2D eigenvalue weighted by Gasteiger charge is -2.25. The molecule has 0 spiro atoms. The van der Waals surface area contributed by atoms with E-state index in [0.717, 1.165) is 23.3 Å². The number of ether oxygens (including phenoxy) is 1. The molecule has 3 N–H and O–H groups in total. The number of carboxylic acid groups (broad SMARTS) is 1. The molecule has 2 aliphatic rings. The highest BCUT2D eigenvalue weighted by molar-refractivity contribution is 6.38. The summed E-state index contributed by atoms with van der Waals surface area (Å²) in [7, 11) is 0. The van der Waals surface area contributed by atoms with E-state index in [9.17, 15) is 28.3 Å². The van der Waals surface area contributed by atoms with Gasteiger partial charge in [-0.15, -0.1) is 0 Å². The minimum Gasteiger partial charge on any atom is -0.477 e. The minimum absolute atomic E-state index is 0.0670. The van der Waals surface area contributed by atoms with Gasteiger partial charge in [0.15, 0.2) is 23.3 Å². The van der Waals surface area contributed by atoms with Gasteiger partial charge in [0.25, 0.3) is 0 Å². The number of aromatic carboxylic acids is 1. The number of halogens is 4. The van der Waals surface area contributed by atoms with E-state index < -0.39 is 57.4 Å². The summed E-state index contributed by atoms with van der Waals surface area (Å²) in [6.45, 7) is 2.01. The maximum Gasteiger partial charge on any atom is 0.341 e. The second-order valence-electron chi connectivity index (χ2n) is 9.18. The van der Waals surface area contributed by atoms with Gasteiger partial charge in [-0.25, -0.2) is 22.9 Å². The van der Waals surface area contributed by atoms with Crippen molar-refractivity contribution in [2.75, 3.05) is 23.7 Å². The molecule has 3 atom stereocenters. The zero-order valence-electron chi connectivity index (χ0n) is 19.3. The molecule has 1 saturated carbocycles. The first-order valence-electron chi connectivity index (χ1n) is 11.3. The molecule has 3 aromatic rings. The van der Waals surface area contributed by atoms with Gasteiger partial charge >= 0.3 is 11.9 Å². The van der Waals surface area contributed by atoms with E-state index in [1.807, 2.05) is 0 Å². The lowest BCUT2D eigenvalue weighted by atomic mass is 9.99. The van der Waals surface area contributed by atoms with E-state index in [-0.39, 0.29) is 34.2 Å². The summed E-state index contributed by atoms with van der Waals surface area (Å²) in [4.78, 5) is 41.5. The zero-order chi connectivity index (χ0) is 26.8. The highest BCUT2D eigenvalue weighted by Crippen LogP contribution is 2.45. The van der Waals surface area contributed by atoms with Gasteiger partial charge in [-0.2, -0.15) is 0 Å². The Kier molecular flexibility index (Phi) is 6.01. The van der Waals surface area contributed by atoms with Gasteiger partial charge < -0.3 is 20.5 Å². The Balaban J connectivity index is 1.72. The monoisotopic (exact) mass is 536 g/mol. The Bertz CT molecular complexity index is 1550. The Morgan fingerprint density at radius 1 is 1.16 bits per heavy atom. The normalized spacial score (nSPS) is 20.9. The number of nitrogen functional groups attached to an aromatic ring is 1. The lowest BCUT2D eigenvalue weighted by molar-refractivity contribution is -0.147. The number of fused-ring (bicyclic) bond motifs is 2. The third kappa shape index (κ3) is 4.05. The molecule has 13 heteroatoms. The Morgan fingerprint density at radius 3 is 2.57 bits per heavy atom. The maximum atomic E-state index is 15.5. The summed E-state index contributed by atoms with van der Waals surface area (Å²) in [6, 6.07) is 1.29. The van der Waals surface area contributed by atoms with Crippen molar-refractivity contribution in [1.82, 2.24) is 9.55 Å². The topological polar surface area (TPSA) is 128 Å². The van der Waals surface area contributed by atoms with Crippen LogP contribution in [0.25, 0.3) is 16.7 Å². The largest absolute Gasteiger partial charge is 0.477 e. The number of carbonyl (C=O) groups is 2. The number of esters is 1. The van der Waals surface area contributed by atoms with E-state index in [1.54, 1.807) is 4.90 Å². The quantitative estimate of drug-likeness (QED) is 0.485. The Hall–Kier alpha value is -3.80. The number of aromatic nitrogens is 2. The SMILES string of the molecule is CC(=O)O[C@@H]1CCC2CN(c3c(F)cc4c(=O)c(C(=O)O)cn(-c5nc(N)c(F)cc5F)c4c3Cl)CC21. The van der Waals surface area contributed by atoms with Gasteiger partial charge in [-0.1, -0.05) is 11.6 Å². The van der Waals surface area contributed by atoms with Crippen LogP contribution in [-0.4, -0.2) is 45.8 Å². The van der Waals surface area contributed by atoms with Crippen molar-refractivity contribution in [3.05, 3.63) is 56.6 Å². The number of pyridine rings is 2.